The number of ether oxygens (including phenoxy) is 2. The van der Waals surface area contributed by atoms with Crippen LogP contribution in [0.2, 0.25) is 0 Å². The van der Waals surface area contributed by atoms with Crippen molar-refractivity contribution in [1.29, 1.82) is 0 Å². The average molecular weight is 338 g/mol. The van der Waals surface area contributed by atoms with Gasteiger partial charge < -0.3 is 9.47 Å². The maximum absolute atomic E-state index is 10.7. The smallest absolute Gasteiger partial charge is 0.236 e. The van der Waals surface area contributed by atoms with Crippen LogP contribution < -0.4 is 14.9 Å². The van der Waals surface area contributed by atoms with Gasteiger partial charge in [0.2, 0.25) is 5.91 Å². The fourth-order valence-corrected chi connectivity index (χ4v) is 2.13. The fraction of sp³-hybridized carbons (Fsp3) is 0.200. The van der Waals surface area contributed by atoms with E-state index in [4.69, 9.17) is 9.47 Å². The molecule has 0 aromatic heterocycles. The maximum atomic E-state index is 10.7. The Morgan fingerprint density at radius 1 is 1.12 bits per heavy atom. The van der Waals surface area contributed by atoms with E-state index in [1.807, 2.05) is 54.6 Å². The number of amides is 1. The largest absolute Gasteiger partial charge is 0.490 e. The van der Waals surface area contributed by atoms with Gasteiger partial charge in [0.15, 0.2) is 0 Å². The second kappa shape index (κ2) is 9.93. The molecule has 2 aromatic rings. The summed E-state index contributed by atoms with van der Waals surface area (Å²) in [5, 5.41) is 3.81. The molecule has 1 amide bonds. The molecule has 1 N–H and O–H groups in total. The third-order valence-corrected chi connectivity index (χ3v) is 3.26. The molecule has 0 radical (unpaired) electrons. The Morgan fingerprint density at radius 2 is 1.84 bits per heavy atom. The van der Waals surface area contributed by atoms with Crippen molar-refractivity contribution >= 4 is 12.1 Å². The highest BCUT2D eigenvalue weighted by Crippen LogP contribution is 2.18. The highest BCUT2D eigenvalue weighted by Gasteiger charge is 2.01. The number of carbonyl (C=O) groups is 1. The van der Waals surface area contributed by atoms with Gasteiger partial charge in [0.1, 0.15) is 24.7 Å². The maximum Gasteiger partial charge on any atom is 0.236 e. The molecular weight excluding hydrogens is 316 g/mol. The monoisotopic (exact) mass is 338 g/mol. The van der Waals surface area contributed by atoms with Gasteiger partial charge in [-0.15, -0.1) is 6.58 Å². The van der Waals surface area contributed by atoms with Gasteiger partial charge in [-0.3, -0.25) is 4.79 Å². The van der Waals surface area contributed by atoms with E-state index >= 15 is 0 Å². The lowest BCUT2D eigenvalue weighted by Crippen LogP contribution is -2.12. The molecule has 0 saturated heterocycles. The molecule has 0 aliphatic rings. The number of benzene rings is 2. The summed E-state index contributed by atoms with van der Waals surface area (Å²) in [6.45, 7) is 6.07. The standard InChI is InChI=1S/C20H22N2O3/c1-3-6-18-7-4-5-8-20(18)25-14-13-24-19-11-9-17(10-12-19)15-21-22-16(2)23/h3-5,7-12,15H,1,6,13-14H2,2H3,(H,22,23)/b21-15+. The van der Waals surface area contributed by atoms with Crippen molar-refractivity contribution in [3.05, 3.63) is 72.3 Å². The van der Waals surface area contributed by atoms with Gasteiger partial charge in [-0.05, 0) is 47.9 Å². The molecule has 130 valence electrons. The van der Waals surface area contributed by atoms with Crippen LogP contribution in [0.4, 0.5) is 0 Å². The molecule has 25 heavy (non-hydrogen) atoms. The average Bonchev–Trinajstić information content (AvgIpc) is 2.61. The molecule has 0 aliphatic carbocycles. The molecule has 0 atom stereocenters. The Bertz CT molecular complexity index is 724. The first-order valence-electron chi connectivity index (χ1n) is 8.03. The van der Waals surface area contributed by atoms with Crippen molar-refractivity contribution in [3.63, 3.8) is 0 Å². The number of allylic oxidation sites excluding steroid dienone is 1. The number of carbonyl (C=O) groups excluding carboxylic acids is 1. The first kappa shape index (κ1) is 18.3. The summed E-state index contributed by atoms with van der Waals surface area (Å²) in [5.74, 6) is 1.40. The highest BCUT2D eigenvalue weighted by atomic mass is 16.5. The van der Waals surface area contributed by atoms with E-state index in [1.165, 1.54) is 6.92 Å². The van der Waals surface area contributed by atoms with Gasteiger partial charge >= 0.3 is 0 Å². The number of rotatable bonds is 9. The molecule has 5 nitrogen and oxygen atoms in total. The van der Waals surface area contributed by atoms with E-state index in [2.05, 4.69) is 17.1 Å². The Balaban J connectivity index is 1.77. The molecule has 0 fully saturated rings. The van der Waals surface area contributed by atoms with Crippen molar-refractivity contribution in [1.82, 2.24) is 5.43 Å². The van der Waals surface area contributed by atoms with Crippen molar-refractivity contribution in [3.8, 4) is 11.5 Å². The van der Waals surface area contributed by atoms with Crippen LogP contribution in [0.5, 0.6) is 11.5 Å². The zero-order chi connectivity index (χ0) is 17.9. The Morgan fingerprint density at radius 3 is 2.56 bits per heavy atom. The van der Waals surface area contributed by atoms with Crippen molar-refractivity contribution in [2.45, 2.75) is 13.3 Å². The van der Waals surface area contributed by atoms with E-state index in [9.17, 15) is 4.79 Å². The van der Waals surface area contributed by atoms with Crippen molar-refractivity contribution in [2.24, 2.45) is 5.10 Å². The second-order valence-corrected chi connectivity index (χ2v) is 5.29. The Labute approximate surface area is 148 Å². The molecule has 2 rings (SSSR count). The first-order chi connectivity index (χ1) is 12.2. The Hall–Kier alpha value is -3.08. The van der Waals surface area contributed by atoms with Crippen LogP contribution in [0, 0.1) is 0 Å². The van der Waals surface area contributed by atoms with E-state index in [0.29, 0.717) is 13.2 Å². The molecular formula is C20H22N2O3. The van der Waals surface area contributed by atoms with E-state index in [1.54, 1.807) is 6.21 Å². The van der Waals surface area contributed by atoms with E-state index in [-0.39, 0.29) is 5.91 Å². The minimum absolute atomic E-state index is 0.203. The van der Waals surface area contributed by atoms with Gasteiger partial charge in [-0.25, -0.2) is 5.43 Å². The molecule has 0 unspecified atom stereocenters. The third kappa shape index (κ3) is 6.51. The van der Waals surface area contributed by atoms with Crippen LogP contribution in [0.25, 0.3) is 0 Å². The summed E-state index contributed by atoms with van der Waals surface area (Å²) >= 11 is 0. The minimum Gasteiger partial charge on any atom is -0.490 e. The predicted molar refractivity (Wildman–Crippen MR) is 99.2 cm³/mol. The SMILES string of the molecule is C=CCc1ccccc1OCCOc1ccc(/C=N/NC(C)=O)cc1. The summed E-state index contributed by atoms with van der Waals surface area (Å²) in [5.41, 5.74) is 4.34. The lowest BCUT2D eigenvalue weighted by molar-refractivity contribution is -0.118. The zero-order valence-electron chi connectivity index (χ0n) is 14.3. The van der Waals surface area contributed by atoms with Crippen molar-refractivity contribution < 1.29 is 14.3 Å². The van der Waals surface area contributed by atoms with Crippen molar-refractivity contribution in [2.75, 3.05) is 13.2 Å². The lowest BCUT2D eigenvalue weighted by atomic mass is 10.1. The Kier molecular flexibility index (Phi) is 7.25. The molecule has 2 aromatic carbocycles. The molecule has 0 spiro atoms. The number of hydrazone groups is 1. The van der Waals surface area contributed by atoms with Crippen LogP contribution >= 0.6 is 0 Å². The normalized spacial score (nSPS) is 10.4. The second-order valence-electron chi connectivity index (χ2n) is 5.29. The first-order valence-corrected chi connectivity index (χ1v) is 8.03. The van der Waals surface area contributed by atoms with Gasteiger partial charge in [0.25, 0.3) is 0 Å². The van der Waals surface area contributed by atoms with Gasteiger partial charge in [0, 0.05) is 6.92 Å². The van der Waals surface area contributed by atoms with E-state index in [0.717, 1.165) is 29.0 Å². The molecule has 0 heterocycles. The summed E-state index contributed by atoms with van der Waals surface area (Å²) in [6, 6.07) is 15.3. The van der Waals surface area contributed by atoms with E-state index < -0.39 is 0 Å². The van der Waals surface area contributed by atoms with Gasteiger partial charge in [-0.1, -0.05) is 24.3 Å². The number of para-hydroxylation sites is 1. The quantitative estimate of drug-likeness (QED) is 0.330. The fourth-order valence-electron chi connectivity index (χ4n) is 2.13. The zero-order valence-corrected chi connectivity index (χ0v) is 14.3. The third-order valence-electron chi connectivity index (χ3n) is 3.26. The summed E-state index contributed by atoms with van der Waals surface area (Å²) in [6.07, 6.45) is 4.21. The number of hydrogen-bond donors (Lipinski definition) is 1. The van der Waals surface area contributed by atoms with Crippen LogP contribution in [0.1, 0.15) is 18.1 Å². The minimum atomic E-state index is -0.203. The topological polar surface area (TPSA) is 59.9 Å². The summed E-state index contributed by atoms with van der Waals surface area (Å²) < 4.78 is 11.4. The number of nitrogens with zero attached hydrogens (tertiary/aromatic N) is 1. The van der Waals surface area contributed by atoms with Crippen LogP contribution in [0.3, 0.4) is 0 Å². The van der Waals surface area contributed by atoms with Gasteiger partial charge in [0.05, 0.1) is 6.21 Å². The molecule has 0 bridgehead atoms. The molecule has 0 saturated carbocycles. The predicted octanol–water partition coefficient (Wildman–Crippen LogP) is 3.34. The molecule has 0 aliphatic heterocycles. The molecule has 5 heteroatoms. The lowest BCUT2D eigenvalue weighted by Gasteiger charge is -2.11. The highest BCUT2D eigenvalue weighted by molar-refractivity contribution is 5.81. The number of hydrogen-bond acceptors (Lipinski definition) is 4. The van der Waals surface area contributed by atoms with Gasteiger partial charge in [-0.2, -0.15) is 5.10 Å². The van der Waals surface area contributed by atoms with Crippen LogP contribution in [-0.4, -0.2) is 25.3 Å². The summed E-state index contributed by atoms with van der Waals surface area (Å²) in [4.78, 5) is 10.7. The number of nitrogens with one attached hydrogen (secondary N) is 1. The summed E-state index contributed by atoms with van der Waals surface area (Å²) in [7, 11) is 0. The van der Waals surface area contributed by atoms with Crippen LogP contribution in [0.15, 0.2) is 66.3 Å². The van der Waals surface area contributed by atoms with Crippen LogP contribution in [-0.2, 0) is 11.2 Å².